The molecule has 22 heavy (non-hydrogen) atoms. The van der Waals surface area contributed by atoms with Gasteiger partial charge in [-0.2, -0.15) is 0 Å². The Kier molecular flexibility index (Phi) is 8.23. The van der Waals surface area contributed by atoms with Gasteiger partial charge in [-0.05, 0) is 0 Å². The van der Waals surface area contributed by atoms with Gasteiger partial charge < -0.3 is 33.2 Å². The van der Waals surface area contributed by atoms with Crippen LogP contribution in [-0.4, -0.2) is 84.9 Å². The van der Waals surface area contributed by atoms with E-state index in [-0.39, 0.29) is 6.61 Å². The fourth-order valence-electron chi connectivity index (χ4n) is 2.63. The van der Waals surface area contributed by atoms with Gasteiger partial charge in [0.1, 0.15) is 24.4 Å². The molecule has 1 aliphatic heterocycles. The van der Waals surface area contributed by atoms with Crippen molar-refractivity contribution >= 4 is 5.97 Å². The minimum Gasteiger partial charge on any atom is -0.457 e. The molecule has 1 saturated heterocycles. The lowest BCUT2D eigenvalue weighted by molar-refractivity contribution is -0.316. The Morgan fingerprint density at radius 2 is 1.64 bits per heavy atom. The molecule has 8 heteroatoms. The average Bonchev–Trinajstić information content (AvgIpc) is 2.51. The zero-order chi connectivity index (χ0) is 16.7. The van der Waals surface area contributed by atoms with Gasteiger partial charge >= 0.3 is 5.97 Å². The highest BCUT2D eigenvalue weighted by Gasteiger charge is 2.51. The molecule has 6 atom stereocenters. The molecule has 1 aliphatic rings. The molecule has 0 aromatic rings. The van der Waals surface area contributed by atoms with E-state index in [0.717, 1.165) is 0 Å². The molecule has 0 bridgehead atoms. The predicted octanol–water partition coefficient (Wildman–Crippen LogP) is -0.0192. The summed E-state index contributed by atoms with van der Waals surface area (Å²) in [6.07, 6.45) is -3.57. The van der Waals surface area contributed by atoms with Gasteiger partial charge in [-0.25, -0.2) is 0 Å². The maximum Gasteiger partial charge on any atom is 0.303 e. The first-order valence-electron chi connectivity index (χ1n) is 6.96. The lowest BCUT2D eigenvalue weighted by atomic mass is 9.94. The van der Waals surface area contributed by atoms with Gasteiger partial charge in [0.2, 0.25) is 0 Å². The molecule has 0 unspecified atom stereocenters. The van der Waals surface area contributed by atoms with E-state index in [1.54, 1.807) is 7.11 Å². The van der Waals surface area contributed by atoms with Crippen molar-refractivity contribution in [1.82, 2.24) is 0 Å². The van der Waals surface area contributed by atoms with Gasteiger partial charge in [0.25, 0.3) is 0 Å². The summed E-state index contributed by atoms with van der Waals surface area (Å²) >= 11 is 0. The van der Waals surface area contributed by atoms with Gasteiger partial charge in [-0.1, -0.05) is 0 Å². The van der Waals surface area contributed by atoms with Gasteiger partial charge in [0, 0.05) is 42.5 Å². The van der Waals surface area contributed by atoms with Crippen LogP contribution in [0.1, 0.15) is 6.92 Å². The topological polar surface area (TPSA) is 81.7 Å². The Morgan fingerprint density at radius 1 is 1.00 bits per heavy atom. The molecular formula is C14H26O8. The van der Waals surface area contributed by atoms with Crippen LogP contribution < -0.4 is 0 Å². The summed E-state index contributed by atoms with van der Waals surface area (Å²) in [5.41, 5.74) is 0. The smallest absolute Gasteiger partial charge is 0.303 e. The number of carbonyl (C=O) groups excluding carboxylic acids is 1. The second-order valence-electron chi connectivity index (χ2n) is 4.91. The monoisotopic (exact) mass is 322 g/mol. The Balaban J connectivity index is 3.10. The van der Waals surface area contributed by atoms with Crippen LogP contribution in [0, 0.1) is 0 Å². The van der Waals surface area contributed by atoms with Crippen molar-refractivity contribution in [3.8, 4) is 0 Å². The number of carbonyl (C=O) groups is 1. The number of esters is 1. The van der Waals surface area contributed by atoms with Crippen molar-refractivity contribution in [2.24, 2.45) is 0 Å². The highest BCUT2D eigenvalue weighted by Crippen LogP contribution is 2.30. The molecule has 0 radical (unpaired) electrons. The van der Waals surface area contributed by atoms with Gasteiger partial charge in [-0.3, -0.25) is 4.79 Å². The zero-order valence-electron chi connectivity index (χ0n) is 13.9. The second kappa shape index (κ2) is 9.39. The van der Waals surface area contributed by atoms with Crippen LogP contribution in [0.2, 0.25) is 0 Å². The third-order valence-corrected chi connectivity index (χ3v) is 3.61. The number of methoxy groups -OCH3 is 5. The molecule has 0 amide bonds. The van der Waals surface area contributed by atoms with Crippen LogP contribution in [-0.2, 0) is 38.0 Å². The van der Waals surface area contributed by atoms with E-state index in [9.17, 15) is 4.79 Å². The van der Waals surface area contributed by atoms with Crippen LogP contribution in [0.5, 0.6) is 0 Å². The lowest BCUT2D eigenvalue weighted by Crippen LogP contribution is -2.64. The molecular weight excluding hydrogens is 296 g/mol. The number of rotatable bonds is 8. The minimum atomic E-state index is -0.709. The summed E-state index contributed by atoms with van der Waals surface area (Å²) in [7, 11) is 7.62. The van der Waals surface area contributed by atoms with Crippen LogP contribution >= 0.6 is 0 Å². The molecule has 0 N–H and O–H groups in total. The van der Waals surface area contributed by atoms with E-state index in [1.807, 2.05) is 0 Å². The summed E-state index contributed by atoms with van der Waals surface area (Å²) < 4.78 is 38.0. The minimum absolute atomic E-state index is 0.267. The zero-order valence-corrected chi connectivity index (χ0v) is 13.9. The van der Waals surface area contributed by atoms with E-state index < -0.39 is 42.8 Å². The molecule has 1 fully saturated rings. The summed E-state index contributed by atoms with van der Waals surface area (Å²) in [6.45, 7) is 1.59. The first-order chi connectivity index (χ1) is 10.5. The number of ether oxygens (including phenoxy) is 7. The third kappa shape index (κ3) is 4.37. The third-order valence-electron chi connectivity index (χ3n) is 3.61. The van der Waals surface area contributed by atoms with Crippen LogP contribution in [0.3, 0.4) is 0 Å². The fourth-order valence-corrected chi connectivity index (χ4v) is 2.63. The van der Waals surface area contributed by atoms with Gasteiger partial charge in [0.15, 0.2) is 12.4 Å². The van der Waals surface area contributed by atoms with E-state index in [1.165, 1.54) is 35.4 Å². The number of hydrogen-bond acceptors (Lipinski definition) is 8. The molecule has 1 rings (SSSR count). The lowest BCUT2D eigenvalue weighted by Gasteiger charge is -2.45. The van der Waals surface area contributed by atoms with E-state index in [4.69, 9.17) is 33.2 Å². The van der Waals surface area contributed by atoms with Crippen LogP contribution in [0.15, 0.2) is 0 Å². The fraction of sp³-hybridized carbons (Fsp3) is 0.929. The Labute approximate surface area is 130 Å². The second-order valence-corrected chi connectivity index (χ2v) is 4.91. The molecule has 0 spiro atoms. The molecule has 0 aliphatic carbocycles. The van der Waals surface area contributed by atoms with E-state index >= 15 is 0 Å². The van der Waals surface area contributed by atoms with Crippen molar-refractivity contribution in [1.29, 1.82) is 0 Å². The summed E-state index contributed by atoms with van der Waals surface area (Å²) in [5.74, 6) is -0.446. The van der Waals surface area contributed by atoms with Crippen molar-refractivity contribution in [2.45, 2.75) is 43.7 Å². The quantitative estimate of drug-likeness (QED) is 0.577. The number of hydrogen-bond donors (Lipinski definition) is 0. The molecule has 0 saturated carbocycles. The van der Waals surface area contributed by atoms with Crippen molar-refractivity contribution in [3.63, 3.8) is 0 Å². The van der Waals surface area contributed by atoms with Gasteiger partial charge in [-0.15, -0.1) is 0 Å². The maximum absolute atomic E-state index is 11.5. The summed E-state index contributed by atoms with van der Waals surface area (Å²) in [6, 6.07) is 0. The highest BCUT2D eigenvalue weighted by atomic mass is 16.7. The van der Waals surface area contributed by atoms with E-state index in [2.05, 4.69) is 0 Å². The predicted molar refractivity (Wildman–Crippen MR) is 75.5 cm³/mol. The van der Waals surface area contributed by atoms with Crippen LogP contribution in [0.4, 0.5) is 0 Å². The Bertz CT molecular complexity index is 337. The normalized spacial score (nSPS) is 33.5. The first-order valence-corrected chi connectivity index (χ1v) is 6.96. The molecule has 1 heterocycles. The van der Waals surface area contributed by atoms with Crippen molar-refractivity contribution in [3.05, 3.63) is 0 Å². The molecule has 130 valence electrons. The van der Waals surface area contributed by atoms with Crippen LogP contribution in [0.25, 0.3) is 0 Å². The van der Waals surface area contributed by atoms with Gasteiger partial charge in [0.05, 0.1) is 6.61 Å². The SMILES string of the molecule is COC[C@H](OC)[C@H]1O[C@H](OC)[C@H](OC)[C@@H](OC)[C@@H]1OC(C)=O. The van der Waals surface area contributed by atoms with Crippen molar-refractivity contribution < 1.29 is 38.0 Å². The van der Waals surface area contributed by atoms with Crippen molar-refractivity contribution in [2.75, 3.05) is 42.2 Å². The Hall–Kier alpha value is -0.770. The largest absolute Gasteiger partial charge is 0.457 e. The summed E-state index contributed by atoms with van der Waals surface area (Å²) in [4.78, 5) is 11.5. The molecule has 0 aromatic heterocycles. The first kappa shape index (κ1) is 19.3. The standard InChI is InChI=1S/C14H26O8/c1-8(15)21-12-10(9(17-3)7-16-2)22-14(20-6)13(19-5)11(12)18-4/h9-14H,7H2,1-6H3/t9-,10+,11-,12+,13+,14-/m0/s1. The maximum atomic E-state index is 11.5. The highest BCUT2D eigenvalue weighted by molar-refractivity contribution is 5.66. The average molecular weight is 322 g/mol. The molecule has 8 nitrogen and oxygen atoms in total. The van der Waals surface area contributed by atoms with E-state index in [0.29, 0.717) is 0 Å². The molecule has 0 aromatic carbocycles. The Morgan fingerprint density at radius 3 is 2.05 bits per heavy atom. The summed E-state index contributed by atoms with van der Waals surface area (Å²) in [5, 5.41) is 0.